The molecule has 5 heteroatoms. The highest BCUT2D eigenvalue weighted by Crippen LogP contribution is 2.33. The van der Waals surface area contributed by atoms with E-state index in [0.29, 0.717) is 23.0 Å². The van der Waals surface area contributed by atoms with Crippen molar-refractivity contribution in [2.45, 2.75) is 6.92 Å². The van der Waals surface area contributed by atoms with Crippen LogP contribution in [0.3, 0.4) is 0 Å². The molecular formula is C16H12BrClN2O. The lowest BCUT2D eigenvalue weighted by Gasteiger charge is -2.13. The number of hydrogen-bond donors (Lipinski definition) is 0. The third-order valence-electron chi connectivity index (χ3n) is 3.32. The molecule has 0 saturated carbocycles. The fourth-order valence-corrected chi connectivity index (χ4v) is 2.93. The molecule has 0 fully saturated rings. The van der Waals surface area contributed by atoms with E-state index in [1.54, 1.807) is 17.0 Å². The van der Waals surface area contributed by atoms with Crippen molar-refractivity contribution >= 4 is 50.5 Å². The fraction of sp³-hybridized carbons (Fsp3) is 0.125. The van der Waals surface area contributed by atoms with Crippen LogP contribution in [0.1, 0.15) is 12.5 Å². The van der Waals surface area contributed by atoms with Crippen LogP contribution in [0.2, 0.25) is 5.02 Å². The molecular weight excluding hydrogens is 352 g/mol. The molecule has 0 N–H and O–H groups in total. The average molecular weight is 364 g/mol. The second kappa shape index (κ2) is 5.62. The molecule has 0 spiro atoms. The Morgan fingerprint density at radius 3 is 2.76 bits per heavy atom. The summed E-state index contributed by atoms with van der Waals surface area (Å²) in [4.78, 5) is 18.8. The van der Waals surface area contributed by atoms with E-state index in [9.17, 15) is 4.79 Å². The quantitative estimate of drug-likeness (QED) is 0.768. The Hall–Kier alpha value is -1.65. The highest BCUT2D eigenvalue weighted by Gasteiger charge is 2.32. The Morgan fingerprint density at radius 2 is 2.05 bits per heavy atom. The molecule has 2 aromatic carbocycles. The van der Waals surface area contributed by atoms with Gasteiger partial charge in [0.15, 0.2) is 0 Å². The van der Waals surface area contributed by atoms with E-state index >= 15 is 0 Å². The lowest BCUT2D eigenvalue weighted by atomic mass is 10.1. The molecule has 0 saturated heterocycles. The van der Waals surface area contributed by atoms with Crippen molar-refractivity contribution in [2.24, 2.45) is 4.99 Å². The summed E-state index contributed by atoms with van der Waals surface area (Å²) in [6.07, 6.45) is 0. The van der Waals surface area contributed by atoms with Gasteiger partial charge in [-0.1, -0.05) is 33.6 Å². The van der Waals surface area contributed by atoms with Crippen molar-refractivity contribution in [3.63, 3.8) is 0 Å². The number of anilines is 1. The second-order valence-electron chi connectivity index (χ2n) is 4.65. The summed E-state index contributed by atoms with van der Waals surface area (Å²) >= 11 is 9.42. The van der Waals surface area contributed by atoms with E-state index in [1.807, 2.05) is 37.3 Å². The summed E-state index contributed by atoms with van der Waals surface area (Å²) < 4.78 is 0.922. The maximum absolute atomic E-state index is 12.5. The molecule has 3 nitrogen and oxygen atoms in total. The van der Waals surface area contributed by atoms with E-state index in [2.05, 4.69) is 20.9 Å². The Bertz CT molecular complexity index is 758. The first-order chi connectivity index (χ1) is 10.1. The maximum atomic E-state index is 12.5. The minimum absolute atomic E-state index is 0.0782. The van der Waals surface area contributed by atoms with E-state index < -0.39 is 0 Å². The lowest BCUT2D eigenvalue weighted by molar-refractivity contribution is -0.112. The maximum Gasteiger partial charge on any atom is 0.277 e. The van der Waals surface area contributed by atoms with E-state index in [1.165, 1.54) is 0 Å². The van der Waals surface area contributed by atoms with Crippen molar-refractivity contribution in [3.05, 3.63) is 57.5 Å². The monoisotopic (exact) mass is 362 g/mol. The first-order valence-corrected chi connectivity index (χ1v) is 7.73. The van der Waals surface area contributed by atoms with Crippen LogP contribution in [0.25, 0.3) is 0 Å². The van der Waals surface area contributed by atoms with E-state index in [-0.39, 0.29) is 5.91 Å². The molecule has 1 heterocycles. The molecule has 3 rings (SSSR count). The van der Waals surface area contributed by atoms with Crippen molar-refractivity contribution in [2.75, 3.05) is 11.4 Å². The molecule has 0 atom stereocenters. The SMILES string of the molecule is CCN1C(=O)C(=Nc2cccc(Cl)c2)c2cc(Br)ccc21. The number of carbonyl (C=O) groups is 1. The minimum Gasteiger partial charge on any atom is -0.307 e. The Kier molecular flexibility index (Phi) is 3.83. The summed E-state index contributed by atoms with van der Waals surface area (Å²) in [7, 11) is 0. The van der Waals surface area contributed by atoms with Gasteiger partial charge in [0.1, 0.15) is 5.71 Å². The number of likely N-dealkylation sites (N-methyl/N-ethyl adjacent to an activating group) is 1. The van der Waals surface area contributed by atoms with Crippen molar-refractivity contribution < 1.29 is 4.79 Å². The number of fused-ring (bicyclic) bond motifs is 1. The Morgan fingerprint density at radius 1 is 1.24 bits per heavy atom. The van der Waals surface area contributed by atoms with E-state index in [0.717, 1.165) is 15.7 Å². The van der Waals surface area contributed by atoms with Gasteiger partial charge in [-0.2, -0.15) is 0 Å². The van der Waals surface area contributed by atoms with Gasteiger partial charge in [-0.25, -0.2) is 4.99 Å². The highest BCUT2D eigenvalue weighted by atomic mass is 79.9. The largest absolute Gasteiger partial charge is 0.307 e. The molecule has 106 valence electrons. The van der Waals surface area contributed by atoms with Crippen molar-refractivity contribution in [1.29, 1.82) is 0 Å². The molecule has 2 aromatic rings. The summed E-state index contributed by atoms with van der Waals surface area (Å²) in [6, 6.07) is 13.0. The predicted molar refractivity (Wildman–Crippen MR) is 89.8 cm³/mol. The molecule has 0 bridgehead atoms. The van der Waals surface area contributed by atoms with Crippen LogP contribution in [-0.2, 0) is 4.79 Å². The number of rotatable bonds is 2. The smallest absolute Gasteiger partial charge is 0.277 e. The number of carbonyl (C=O) groups excluding carboxylic acids is 1. The zero-order valence-corrected chi connectivity index (χ0v) is 13.6. The Labute approximate surface area is 136 Å². The second-order valence-corrected chi connectivity index (χ2v) is 6.00. The van der Waals surface area contributed by atoms with Crippen LogP contribution in [0, 0.1) is 0 Å². The average Bonchev–Trinajstić information content (AvgIpc) is 2.71. The van der Waals surface area contributed by atoms with Crippen LogP contribution < -0.4 is 4.90 Å². The molecule has 21 heavy (non-hydrogen) atoms. The van der Waals surface area contributed by atoms with Crippen molar-refractivity contribution in [3.8, 4) is 0 Å². The summed E-state index contributed by atoms with van der Waals surface area (Å²) in [6.45, 7) is 2.56. The van der Waals surface area contributed by atoms with Gasteiger partial charge in [-0.15, -0.1) is 0 Å². The number of amides is 1. The lowest BCUT2D eigenvalue weighted by Crippen LogP contribution is -2.29. The topological polar surface area (TPSA) is 32.7 Å². The number of aliphatic imine (C=N–C) groups is 1. The minimum atomic E-state index is -0.0782. The molecule has 1 amide bonds. The molecule has 0 aliphatic carbocycles. The fourth-order valence-electron chi connectivity index (χ4n) is 2.38. The number of benzene rings is 2. The van der Waals surface area contributed by atoms with Gasteiger partial charge in [0, 0.05) is 21.6 Å². The van der Waals surface area contributed by atoms with Crippen LogP contribution in [0.4, 0.5) is 11.4 Å². The van der Waals surface area contributed by atoms with E-state index in [4.69, 9.17) is 11.6 Å². The first-order valence-electron chi connectivity index (χ1n) is 6.56. The van der Waals surface area contributed by atoms with Crippen LogP contribution >= 0.6 is 27.5 Å². The number of nitrogens with zero attached hydrogens (tertiary/aromatic N) is 2. The Balaban J connectivity index is 2.15. The summed E-state index contributed by atoms with van der Waals surface area (Å²) in [5.74, 6) is -0.0782. The van der Waals surface area contributed by atoms with Crippen LogP contribution in [0.15, 0.2) is 51.9 Å². The van der Waals surface area contributed by atoms with Gasteiger partial charge < -0.3 is 4.90 Å². The third kappa shape index (κ3) is 2.61. The third-order valence-corrected chi connectivity index (χ3v) is 4.05. The zero-order chi connectivity index (χ0) is 15.0. The van der Waals surface area contributed by atoms with Crippen molar-refractivity contribution in [1.82, 2.24) is 0 Å². The van der Waals surface area contributed by atoms with Gasteiger partial charge in [0.2, 0.25) is 0 Å². The molecule has 0 radical (unpaired) electrons. The van der Waals surface area contributed by atoms with Gasteiger partial charge >= 0.3 is 0 Å². The number of hydrogen-bond acceptors (Lipinski definition) is 2. The summed E-state index contributed by atoms with van der Waals surface area (Å²) in [5.41, 5.74) is 2.87. The molecule has 1 aliphatic heterocycles. The molecule has 0 unspecified atom stereocenters. The predicted octanol–water partition coefficient (Wildman–Crippen LogP) is 4.59. The van der Waals surface area contributed by atoms with Gasteiger partial charge in [-0.3, -0.25) is 4.79 Å². The normalized spacial score (nSPS) is 15.7. The first kappa shape index (κ1) is 14.3. The number of halogens is 2. The standard InChI is InChI=1S/C16H12BrClN2O/c1-2-20-14-7-6-10(17)8-13(14)15(16(20)21)19-12-5-3-4-11(18)9-12/h3-9H,2H2,1H3. The van der Waals surface area contributed by atoms with Gasteiger partial charge in [0.25, 0.3) is 5.91 Å². The molecule has 0 aromatic heterocycles. The van der Waals surface area contributed by atoms with Crippen LogP contribution in [0.5, 0.6) is 0 Å². The van der Waals surface area contributed by atoms with Crippen LogP contribution in [-0.4, -0.2) is 18.2 Å². The zero-order valence-electron chi connectivity index (χ0n) is 11.3. The van der Waals surface area contributed by atoms with Gasteiger partial charge in [0.05, 0.1) is 11.4 Å². The summed E-state index contributed by atoms with van der Waals surface area (Å²) in [5, 5.41) is 0.601. The highest BCUT2D eigenvalue weighted by molar-refractivity contribution is 9.10. The molecule has 1 aliphatic rings. The van der Waals surface area contributed by atoms with Gasteiger partial charge in [-0.05, 0) is 43.3 Å².